The van der Waals surface area contributed by atoms with Crippen LogP contribution < -0.4 is 10.1 Å². The summed E-state index contributed by atoms with van der Waals surface area (Å²) in [6.45, 7) is 1.31. The molecule has 1 atom stereocenters. The van der Waals surface area contributed by atoms with Crippen LogP contribution in [0, 0.1) is 0 Å². The minimum Gasteiger partial charge on any atom is -0.496 e. The summed E-state index contributed by atoms with van der Waals surface area (Å²) in [7, 11) is 7.30. The van der Waals surface area contributed by atoms with E-state index in [-0.39, 0.29) is 6.10 Å². The highest BCUT2D eigenvalue weighted by Gasteiger charge is 2.35. The summed E-state index contributed by atoms with van der Waals surface area (Å²) in [5, 5.41) is 4.18. The normalized spacial score (nSPS) is 15.0. The number of nitrogens with zero attached hydrogens (tertiary/aromatic N) is 2. The van der Waals surface area contributed by atoms with Crippen LogP contribution in [-0.2, 0) is 20.9 Å². The molecule has 0 fully saturated rings. The van der Waals surface area contributed by atoms with Gasteiger partial charge in [0.2, 0.25) is 0 Å². The number of likely N-dealkylation sites (N-methyl/N-ethyl adjacent to an activating group) is 1. The van der Waals surface area contributed by atoms with Crippen molar-refractivity contribution in [1.29, 1.82) is 0 Å². The number of imide groups is 1. The quantitative estimate of drug-likeness (QED) is 0.384. The van der Waals surface area contributed by atoms with Gasteiger partial charge in [-0.15, -0.1) is 0 Å². The number of methoxy groups -OCH3 is 2. The van der Waals surface area contributed by atoms with Gasteiger partial charge in [0.1, 0.15) is 5.75 Å². The lowest BCUT2D eigenvalue weighted by Gasteiger charge is -2.20. The van der Waals surface area contributed by atoms with E-state index in [1.807, 2.05) is 62.8 Å². The number of carbonyl (C=O) groups excluding carboxylic acids is 2. The van der Waals surface area contributed by atoms with Crippen molar-refractivity contribution >= 4 is 44.8 Å². The van der Waals surface area contributed by atoms with Gasteiger partial charge < -0.3 is 23.9 Å². The molecule has 8 nitrogen and oxygen atoms in total. The van der Waals surface area contributed by atoms with E-state index in [1.165, 1.54) is 0 Å². The van der Waals surface area contributed by atoms with Crippen molar-refractivity contribution in [1.82, 2.24) is 19.8 Å². The number of para-hydroxylation sites is 1. The molecule has 2 N–H and O–H groups in total. The minimum absolute atomic E-state index is 0.0687. The fourth-order valence-electron chi connectivity index (χ4n) is 4.91. The maximum absolute atomic E-state index is 13.2. The Morgan fingerprint density at radius 1 is 0.971 bits per heavy atom. The highest BCUT2D eigenvalue weighted by Crippen LogP contribution is 2.41. The molecule has 8 heteroatoms. The van der Waals surface area contributed by atoms with E-state index in [0.29, 0.717) is 34.6 Å². The van der Waals surface area contributed by atoms with E-state index in [9.17, 15) is 9.59 Å². The third kappa shape index (κ3) is 3.90. The van der Waals surface area contributed by atoms with Gasteiger partial charge in [0.25, 0.3) is 11.8 Å². The number of hydrogen-bond donors (Lipinski definition) is 2. The van der Waals surface area contributed by atoms with Crippen LogP contribution in [0.4, 0.5) is 0 Å². The Bertz CT molecular complexity index is 1480. The Morgan fingerprint density at radius 3 is 2.43 bits per heavy atom. The SMILES string of the molecule is COc1cccc2c1c(C1=C(c3c[nH]c4ccccc34)C(=O)NC1=O)cn2CC(CN(C)C)OC. The number of carbonyl (C=O) groups is 2. The second-order valence-electron chi connectivity index (χ2n) is 8.95. The Balaban J connectivity index is 1.76. The predicted octanol–water partition coefficient (Wildman–Crippen LogP) is 3.28. The molecule has 2 amide bonds. The molecule has 0 aliphatic carbocycles. The lowest BCUT2D eigenvalue weighted by Crippen LogP contribution is -2.31. The first-order valence-corrected chi connectivity index (χ1v) is 11.4. The van der Waals surface area contributed by atoms with Gasteiger partial charge in [-0.25, -0.2) is 0 Å². The predicted molar refractivity (Wildman–Crippen MR) is 136 cm³/mol. The lowest BCUT2D eigenvalue weighted by atomic mass is 9.95. The second kappa shape index (κ2) is 9.05. The van der Waals surface area contributed by atoms with Crippen molar-refractivity contribution in [3.8, 4) is 5.75 Å². The second-order valence-corrected chi connectivity index (χ2v) is 8.95. The minimum atomic E-state index is -0.420. The fraction of sp³-hybridized carbons (Fsp3) is 0.259. The average molecular weight is 473 g/mol. The number of benzene rings is 2. The van der Waals surface area contributed by atoms with E-state index in [1.54, 1.807) is 20.4 Å². The van der Waals surface area contributed by atoms with Crippen LogP contribution in [0.15, 0.2) is 54.9 Å². The maximum Gasteiger partial charge on any atom is 0.259 e. The van der Waals surface area contributed by atoms with Gasteiger partial charge in [0, 0.05) is 53.5 Å². The Labute approximate surface area is 203 Å². The fourth-order valence-corrected chi connectivity index (χ4v) is 4.91. The summed E-state index contributed by atoms with van der Waals surface area (Å²) in [5.41, 5.74) is 3.84. The van der Waals surface area contributed by atoms with Crippen LogP contribution >= 0.6 is 0 Å². The molecule has 2 aromatic heterocycles. The monoisotopic (exact) mass is 472 g/mol. The molecule has 5 rings (SSSR count). The molecule has 2 aromatic carbocycles. The molecule has 35 heavy (non-hydrogen) atoms. The molecule has 0 saturated heterocycles. The molecular weight excluding hydrogens is 444 g/mol. The zero-order valence-electron chi connectivity index (χ0n) is 20.2. The largest absolute Gasteiger partial charge is 0.496 e. The van der Waals surface area contributed by atoms with E-state index in [2.05, 4.69) is 19.8 Å². The van der Waals surface area contributed by atoms with Crippen molar-refractivity contribution in [3.05, 3.63) is 66.0 Å². The Kier molecular flexibility index (Phi) is 5.92. The molecule has 0 spiro atoms. The van der Waals surface area contributed by atoms with E-state index in [0.717, 1.165) is 28.4 Å². The van der Waals surface area contributed by atoms with Crippen LogP contribution in [0.25, 0.3) is 33.0 Å². The van der Waals surface area contributed by atoms with Gasteiger partial charge in [-0.05, 0) is 32.3 Å². The maximum atomic E-state index is 13.2. The highest BCUT2D eigenvalue weighted by molar-refractivity contribution is 6.51. The van der Waals surface area contributed by atoms with E-state index >= 15 is 0 Å². The number of fused-ring (bicyclic) bond motifs is 2. The number of amides is 2. The summed E-state index contributed by atoms with van der Waals surface area (Å²) in [5.74, 6) is -0.194. The number of aromatic nitrogens is 2. The number of aromatic amines is 1. The molecule has 0 saturated carbocycles. The average Bonchev–Trinajstić information content (AvgIpc) is 3.51. The van der Waals surface area contributed by atoms with Crippen LogP contribution in [0.2, 0.25) is 0 Å². The molecule has 3 heterocycles. The molecule has 0 bridgehead atoms. The first kappa shape index (κ1) is 22.9. The first-order valence-electron chi connectivity index (χ1n) is 11.4. The van der Waals surface area contributed by atoms with Crippen molar-refractivity contribution < 1.29 is 19.1 Å². The smallest absolute Gasteiger partial charge is 0.259 e. The van der Waals surface area contributed by atoms with Crippen molar-refractivity contribution in [3.63, 3.8) is 0 Å². The number of ether oxygens (including phenoxy) is 2. The number of H-pyrrole nitrogens is 1. The Hall–Kier alpha value is -3.88. The van der Waals surface area contributed by atoms with Gasteiger partial charge in [-0.2, -0.15) is 0 Å². The Morgan fingerprint density at radius 2 is 1.71 bits per heavy atom. The van der Waals surface area contributed by atoms with Gasteiger partial charge in [-0.1, -0.05) is 24.3 Å². The first-order chi connectivity index (χ1) is 16.9. The van der Waals surface area contributed by atoms with Crippen LogP contribution in [-0.4, -0.2) is 67.2 Å². The third-order valence-electron chi connectivity index (χ3n) is 6.45. The summed E-state index contributed by atoms with van der Waals surface area (Å²) >= 11 is 0. The van der Waals surface area contributed by atoms with Gasteiger partial charge in [-0.3, -0.25) is 14.9 Å². The number of nitrogens with one attached hydrogen (secondary N) is 2. The molecule has 4 aromatic rings. The molecule has 1 aliphatic heterocycles. The van der Waals surface area contributed by atoms with Gasteiger partial charge in [0.05, 0.1) is 36.4 Å². The molecule has 1 aliphatic rings. The summed E-state index contributed by atoms with van der Waals surface area (Å²) in [6.07, 6.45) is 3.64. The number of hydrogen-bond acceptors (Lipinski definition) is 5. The summed E-state index contributed by atoms with van der Waals surface area (Å²) < 4.78 is 13.5. The van der Waals surface area contributed by atoms with Gasteiger partial charge in [0.15, 0.2) is 0 Å². The topological polar surface area (TPSA) is 88.6 Å². The van der Waals surface area contributed by atoms with Crippen LogP contribution in [0.1, 0.15) is 11.1 Å². The molecule has 180 valence electrons. The van der Waals surface area contributed by atoms with Crippen molar-refractivity contribution in [2.75, 3.05) is 34.9 Å². The van der Waals surface area contributed by atoms with Crippen LogP contribution in [0.5, 0.6) is 5.75 Å². The van der Waals surface area contributed by atoms with Gasteiger partial charge >= 0.3 is 0 Å². The molecule has 0 radical (unpaired) electrons. The van der Waals surface area contributed by atoms with Crippen LogP contribution in [0.3, 0.4) is 0 Å². The summed E-state index contributed by atoms with van der Waals surface area (Å²) in [6, 6.07) is 13.5. The summed E-state index contributed by atoms with van der Waals surface area (Å²) in [4.78, 5) is 31.6. The van der Waals surface area contributed by atoms with E-state index in [4.69, 9.17) is 9.47 Å². The number of rotatable bonds is 8. The molecular formula is C27H28N4O4. The highest BCUT2D eigenvalue weighted by atomic mass is 16.5. The third-order valence-corrected chi connectivity index (χ3v) is 6.45. The van der Waals surface area contributed by atoms with E-state index < -0.39 is 11.8 Å². The molecule has 1 unspecified atom stereocenters. The standard InChI is InChI=1S/C27H28N4O4/c1-30(2)13-16(34-3)14-31-15-19(23-21(31)10-7-11-22(23)35-4)25-24(26(32)29-27(25)33)18-12-28-20-9-6-5-8-17(18)20/h5-12,15-16,28H,13-14H2,1-4H3,(H,29,32,33). The van der Waals surface area contributed by atoms with Crippen molar-refractivity contribution in [2.45, 2.75) is 12.6 Å². The zero-order valence-corrected chi connectivity index (χ0v) is 20.2. The zero-order chi connectivity index (χ0) is 24.7. The van der Waals surface area contributed by atoms with Crippen molar-refractivity contribution in [2.24, 2.45) is 0 Å². The lowest BCUT2D eigenvalue weighted by molar-refractivity contribution is -0.122.